The highest BCUT2D eigenvalue weighted by Crippen LogP contribution is 2.16. The predicted octanol–water partition coefficient (Wildman–Crippen LogP) is 2.99. The maximum absolute atomic E-state index is 11.7. The molecule has 1 amide bonds. The van der Waals surface area contributed by atoms with Gasteiger partial charge < -0.3 is 4.42 Å². The topological polar surface area (TPSA) is 97.7 Å². The van der Waals surface area contributed by atoms with Crippen LogP contribution >= 0.6 is 0 Å². The van der Waals surface area contributed by atoms with Crippen LogP contribution in [0.15, 0.2) is 64.2 Å². The van der Waals surface area contributed by atoms with Crippen molar-refractivity contribution < 1.29 is 14.1 Å². The van der Waals surface area contributed by atoms with Gasteiger partial charge in [-0.15, -0.1) is 0 Å². The average Bonchev–Trinajstić information content (AvgIpc) is 2.95. The van der Waals surface area contributed by atoms with Gasteiger partial charge in [-0.2, -0.15) is 5.10 Å². The number of allylic oxidation sites excluding steroid dienone is 4. The van der Waals surface area contributed by atoms with Gasteiger partial charge >= 0.3 is 5.88 Å². The quantitative estimate of drug-likeness (QED) is 0.275. The Kier molecular flexibility index (Phi) is 6.77. The fourth-order valence-corrected chi connectivity index (χ4v) is 1.38. The molecule has 0 aliphatic carbocycles. The number of hydrogen-bond donors (Lipinski definition) is 1. The summed E-state index contributed by atoms with van der Waals surface area (Å²) in [6, 6.07) is 2.71. The smallest absolute Gasteiger partial charge is 0.401 e. The van der Waals surface area contributed by atoms with Crippen molar-refractivity contribution in [1.29, 1.82) is 0 Å². The van der Waals surface area contributed by atoms with Crippen molar-refractivity contribution in [3.8, 4) is 0 Å². The summed E-state index contributed by atoms with van der Waals surface area (Å²) in [6.45, 7) is 5.31. The van der Waals surface area contributed by atoms with E-state index in [4.69, 9.17) is 4.42 Å². The lowest BCUT2D eigenvalue weighted by molar-refractivity contribution is -0.402. The summed E-state index contributed by atoms with van der Waals surface area (Å²) in [5.74, 6) is -0.405. The molecule has 7 heteroatoms. The third-order valence-corrected chi connectivity index (χ3v) is 2.29. The van der Waals surface area contributed by atoms with Crippen molar-refractivity contribution in [2.45, 2.75) is 6.92 Å². The average molecular weight is 301 g/mol. The molecule has 22 heavy (non-hydrogen) atoms. The number of nitrogens with one attached hydrogen (secondary N) is 1. The molecule has 0 aliphatic heterocycles. The Morgan fingerprint density at radius 1 is 1.50 bits per heavy atom. The molecule has 0 unspecified atom stereocenters. The lowest BCUT2D eigenvalue weighted by atomic mass is 10.2. The molecule has 0 aliphatic rings. The van der Waals surface area contributed by atoms with E-state index in [1.54, 1.807) is 25.2 Å². The maximum atomic E-state index is 11.7. The molecule has 0 aromatic carbocycles. The first-order chi connectivity index (χ1) is 10.6. The third-order valence-electron chi connectivity index (χ3n) is 2.29. The van der Waals surface area contributed by atoms with Gasteiger partial charge in [0, 0.05) is 11.8 Å². The summed E-state index contributed by atoms with van der Waals surface area (Å²) in [6.07, 6.45) is 10.7. The Hall–Kier alpha value is -3.22. The first-order valence-electron chi connectivity index (χ1n) is 6.28. The Bertz CT molecular complexity index is 666. The predicted molar refractivity (Wildman–Crippen MR) is 84.1 cm³/mol. The van der Waals surface area contributed by atoms with E-state index in [2.05, 4.69) is 17.1 Å². The number of carbonyl (C=O) groups excluding carboxylic acids is 1. The van der Waals surface area contributed by atoms with Crippen LogP contribution in [0.4, 0.5) is 5.88 Å². The first kappa shape index (κ1) is 16.8. The van der Waals surface area contributed by atoms with Gasteiger partial charge in [-0.25, -0.2) is 5.43 Å². The summed E-state index contributed by atoms with van der Waals surface area (Å²) >= 11 is 0. The van der Waals surface area contributed by atoms with Crippen LogP contribution in [-0.4, -0.2) is 17.0 Å². The first-order valence-corrected chi connectivity index (χ1v) is 6.28. The normalized spacial score (nSPS) is 12.3. The monoisotopic (exact) mass is 301 g/mol. The van der Waals surface area contributed by atoms with Gasteiger partial charge in [0.25, 0.3) is 5.91 Å². The minimum absolute atomic E-state index is 0.311. The van der Waals surface area contributed by atoms with Gasteiger partial charge in [0.15, 0.2) is 0 Å². The van der Waals surface area contributed by atoms with E-state index < -0.39 is 4.92 Å². The molecule has 1 aromatic heterocycles. The van der Waals surface area contributed by atoms with Gasteiger partial charge in [-0.3, -0.25) is 14.9 Å². The Labute approximate surface area is 127 Å². The molecule has 0 atom stereocenters. The zero-order chi connectivity index (χ0) is 16.4. The third kappa shape index (κ3) is 5.41. The van der Waals surface area contributed by atoms with Crippen molar-refractivity contribution in [3.05, 3.63) is 70.5 Å². The van der Waals surface area contributed by atoms with Gasteiger partial charge in [0.1, 0.15) is 10.7 Å². The second-order valence-corrected chi connectivity index (χ2v) is 3.87. The summed E-state index contributed by atoms with van der Waals surface area (Å²) in [5, 5.41) is 14.1. The van der Waals surface area contributed by atoms with Gasteiger partial charge in [-0.1, -0.05) is 24.8 Å². The summed E-state index contributed by atoms with van der Waals surface area (Å²) in [5.41, 5.74) is 2.75. The minimum atomic E-state index is -0.625. The van der Waals surface area contributed by atoms with Crippen LogP contribution in [0.25, 0.3) is 6.08 Å². The highest BCUT2D eigenvalue weighted by molar-refractivity contribution is 5.96. The van der Waals surface area contributed by atoms with E-state index in [-0.39, 0.29) is 11.8 Å². The highest BCUT2D eigenvalue weighted by Gasteiger charge is 2.09. The van der Waals surface area contributed by atoms with Gasteiger partial charge in [0.2, 0.25) is 0 Å². The van der Waals surface area contributed by atoms with E-state index in [9.17, 15) is 14.9 Å². The molecular weight excluding hydrogens is 286 g/mol. The van der Waals surface area contributed by atoms with E-state index >= 15 is 0 Å². The molecular formula is C15H15N3O4. The van der Waals surface area contributed by atoms with Crippen LogP contribution in [0, 0.1) is 10.1 Å². The van der Waals surface area contributed by atoms with Crippen molar-refractivity contribution in [2.75, 3.05) is 0 Å². The number of nitrogens with zero attached hydrogens (tertiary/aromatic N) is 2. The number of nitro groups is 1. The Morgan fingerprint density at radius 2 is 2.27 bits per heavy atom. The fourth-order valence-electron chi connectivity index (χ4n) is 1.38. The molecule has 0 fully saturated rings. The zero-order valence-electron chi connectivity index (χ0n) is 11.9. The second kappa shape index (κ2) is 8.85. The number of carbonyl (C=O) groups is 1. The number of amides is 1. The molecule has 0 radical (unpaired) electrons. The largest absolute Gasteiger partial charge is 0.433 e. The standard InChI is InChI=1S/C15H15N3O4/c1-3-6-12(7-4-2)15(19)17-16-11-5-8-13-9-10-14(22-13)18(20)21/h3-11H,1H2,2H3,(H,17,19)/b7-4-,8-5+,12-6+,16-11+. The molecule has 1 aromatic rings. The number of hydrogen-bond acceptors (Lipinski definition) is 5. The van der Waals surface area contributed by atoms with Crippen molar-refractivity contribution >= 4 is 24.1 Å². The van der Waals surface area contributed by atoms with Crippen LogP contribution < -0.4 is 5.43 Å². The molecule has 0 spiro atoms. The highest BCUT2D eigenvalue weighted by atomic mass is 16.6. The second-order valence-electron chi connectivity index (χ2n) is 3.87. The number of furan rings is 1. The lowest BCUT2D eigenvalue weighted by Gasteiger charge is -1.98. The molecule has 1 rings (SSSR count). The van der Waals surface area contributed by atoms with Crippen molar-refractivity contribution in [1.82, 2.24) is 5.43 Å². The van der Waals surface area contributed by atoms with Gasteiger partial charge in [0.05, 0.1) is 6.07 Å². The SMILES string of the molecule is C=C/C=C(\C=C/C)C(=O)N/N=C/C=C/c1ccc([N+](=O)[O-])o1. The van der Waals surface area contributed by atoms with Gasteiger partial charge in [-0.05, 0) is 31.2 Å². The van der Waals surface area contributed by atoms with Crippen LogP contribution in [0.1, 0.15) is 12.7 Å². The van der Waals surface area contributed by atoms with E-state index in [0.29, 0.717) is 11.3 Å². The zero-order valence-corrected chi connectivity index (χ0v) is 11.9. The minimum Gasteiger partial charge on any atom is -0.401 e. The van der Waals surface area contributed by atoms with Crippen molar-refractivity contribution in [2.24, 2.45) is 5.10 Å². The summed E-state index contributed by atoms with van der Waals surface area (Å²) in [4.78, 5) is 21.5. The van der Waals surface area contributed by atoms with Crippen LogP contribution in [0.2, 0.25) is 0 Å². The van der Waals surface area contributed by atoms with E-state index in [1.807, 2.05) is 0 Å². The number of rotatable bonds is 7. The summed E-state index contributed by atoms with van der Waals surface area (Å²) in [7, 11) is 0. The lowest BCUT2D eigenvalue weighted by Crippen LogP contribution is -2.18. The van der Waals surface area contributed by atoms with Crippen LogP contribution in [0.5, 0.6) is 0 Å². The Morgan fingerprint density at radius 3 is 2.86 bits per heavy atom. The molecule has 0 saturated carbocycles. The summed E-state index contributed by atoms with van der Waals surface area (Å²) < 4.78 is 4.91. The molecule has 7 nitrogen and oxygen atoms in total. The Balaban J connectivity index is 2.56. The van der Waals surface area contributed by atoms with E-state index in [0.717, 1.165) is 0 Å². The number of hydrazone groups is 1. The molecule has 114 valence electrons. The molecule has 1 heterocycles. The maximum Gasteiger partial charge on any atom is 0.433 e. The molecule has 0 saturated heterocycles. The van der Waals surface area contributed by atoms with E-state index in [1.165, 1.54) is 36.6 Å². The van der Waals surface area contributed by atoms with Crippen LogP contribution in [0.3, 0.4) is 0 Å². The molecule has 1 N–H and O–H groups in total. The fraction of sp³-hybridized carbons (Fsp3) is 0.0667. The van der Waals surface area contributed by atoms with Crippen molar-refractivity contribution in [3.63, 3.8) is 0 Å². The molecule has 0 bridgehead atoms. The van der Waals surface area contributed by atoms with Crippen LogP contribution in [-0.2, 0) is 4.79 Å².